The van der Waals surface area contributed by atoms with Gasteiger partial charge < -0.3 is 20.6 Å². The van der Waals surface area contributed by atoms with Crippen LogP contribution < -0.4 is 5.32 Å². The van der Waals surface area contributed by atoms with Gasteiger partial charge in [-0.25, -0.2) is 0 Å². The maximum atomic E-state index is 12.1. The number of phenols is 2. The number of phenolic OH excluding ortho intramolecular Hbond substituents is 2. The number of hydrogen-bond donors (Lipinski definition) is 4. The van der Waals surface area contributed by atoms with Gasteiger partial charge in [0.1, 0.15) is 0 Å². The molecule has 19 heavy (non-hydrogen) atoms. The lowest BCUT2D eigenvalue weighted by atomic mass is 9.84. The summed E-state index contributed by atoms with van der Waals surface area (Å²) in [5.74, 6) is -0.940. The minimum absolute atomic E-state index is 0.0109. The number of benzene rings is 1. The van der Waals surface area contributed by atoms with Crippen molar-refractivity contribution in [1.82, 2.24) is 5.32 Å². The van der Waals surface area contributed by atoms with Crippen LogP contribution in [0.15, 0.2) is 18.2 Å². The average molecular weight is 267 g/mol. The van der Waals surface area contributed by atoms with Gasteiger partial charge in [-0.15, -0.1) is 0 Å². The fourth-order valence-electron chi connectivity index (χ4n) is 1.76. The number of amides is 1. The summed E-state index contributed by atoms with van der Waals surface area (Å²) in [5.41, 5.74) is 0.0830. The quantitative estimate of drug-likeness (QED) is 0.624. The van der Waals surface area contributed by atoms with Crippen LogP contribution in [0.3, 0.4) is 0 Å². The Balaban J connectivity index is 2.84. The third-order valence-corrected chi connectivity index (χ3v) is 3.01. The number of aliphatic hydroxyl groups excluding tert-OH is 1. The van der Waals surface area contributed by atoms with E-state index in [0.29, 0.717) is 6.42 Å². The molecule has 5 nitrogen and oxygen atoms in total. The Morgan fingerprint density at radius 3 is 2.37 bits per heavy atom. The zero-order valence-corrected chi connectivity index (χ0v) is 11.5. The summed E-state index contributed by atoms with van der Waals surface area (Å²) in [5, 5.41) is 30.5. The SMILES string of the molecule is CC(C)(C)C(CCO)NC(=O)c1ccc(O)c(O)c1. The minimum atomic E-state index is -0.344. The molecule has 0 radical (unpaired) electrons. The molecule has 0 aliphatic rings. The molecule has 1 atom stereocenters. The molecule has 1 amide bonds. The van der Waals surface area contributed by atoms with E-state index in [1.54, 1.807) is 0 Å². The van der Waals surface area contributed by atoms with Crippen molar-refractivity contribution in [2.24, 2.45) is 5.41 Å². The Kier molecular flexibility index (Phi) is 4.78. The van der Waals surface area contributed by atoms with E-state index in [1.165, 1.54) is 18.2 Å². The van der Waals surface area contributed by atoms with E-state index in [1.807, 2.05) is 20.8 Å². The monoisotopic (exact) mass is 267 g/mol. The number of aliphatic hydroxyl groups is 1. The Labute approximate surface area is 112 Å². The molecule has 0 spiro atoms. The molecule has 0 aliphatic heterocycles. The second-order valence-electron chi connectivity index (χ2n) is 5.61. The van der Waals surface area contributed by atoms with E-state index >= 15 is 0 Å². The van der Waals surface area contributed by atoms with Gasteiger partial charge in [0, 0.05) is 18.2 Å². The summed E-state index contributed by atoms with van der Waals surface area (Å²) in [4.78, 5) is 12.1. The minimum Gasteiger partial charge on any atom is -0.504 e. The maximum absolute atomic E-state index is 12.1. The highest BCUT2D eigenvalue weighted by Crippen LogP contribution is 2.26. The predicted octanol–water partition coefficient (Wildman–Crippen LogP) is 1.62. The van der Waals surface area contributed by atoms with Gasteiger partial charge in [-0.1, -0.05) is 20.8 Å². The molecule has 106 valence electrons. The lowest BCUT2D eigenvalue weighted by Gasteiger charge is -2.31. The summed E-state index contributed by atoms with van der Waals surface area (Å²) < 4.78 is 0. The average Bonchev–Trinajstić information content (AvgIpc) is 2.30. The summed E-state index contributed by atoms with van der Waals surface area (Å²) in [6.07, 6.45) is 0.458. The van der Waals surface area contributed by atoms with Crippen molar-refractivity contribution in [2.45, 2.75) is 33.2 Å². The first-order valence-electron chi connectivity index (χ1n) is 6.19. The predicted molar refractivity (Wildman–Crippen MR) is 72.2 cm³/mol. The van der Waals surface area contributed by atoms with Gasteiger partial charge in [-0.3, -0.25) is 4.79 Å². The first kappa shape index (κ1) is 15.3. The van der Waals surface area contributed by atoms with Crippen LogP contribution in [0.5, 0.6) is 11.5 Å². The highest BCUT2D eigenvalue weighted by molar-refractivity contribution is 5.95. The Morgan fingerprint density at radius 2 is 1.89 bits per heavy atom. The van der Waals surface area contributed by atoms with Gasteiger partial charge >= 0.3 is 0 Å². The molecule has 1 aromatic rings. The molecule has 4 N–H and O–H groups in total. The molecule has 0 aliphatic carbocycles. The molecular formula is C14H21NO4. The Hall–Kier alpha value is -1.75. The van der Waals surface area contributed by atoms with Crippen molar-refractivity contribution in [2.75, 3.05) is 6.61 Å². The van der Waals surface area contributed by atoms with Crippen molar-refractivity contribution in [1.29, 1.82) is 0 Å². The van der Waals surface area contributed by atoms with Crippen molar-refractivity contribution >= 4 is 5.91 Å². The van der Waals surface area contributed by atoms with Crippen LogP contribution >= 0.6 is 0 Å². The van der Waals surface area contributed by atoms with Crippen molar-refractivity contribution in [3.8, 4) is 11.5 Å². The molecule has 0 saturated heterocycles. The number of nitrogens with one attached hydrogen (secondary N) is 1. The van der Waals surface area contributed by atoms with Gasteiger partial charge in [0.25, 0.3) is 5.91 Å². The number of carbonyl (C=O) groups excluding carboxylic acids is 1. The van der Waals surface area contributed by atoms with Crippen LogP contribution in [0.25, 0.3) is 0 Å². The molecule has 0 bridgehead atoms. The molecular weight excluding hydrogens is 246 g/mol. The molecule has 0 aromatic heterocycles. The standard InChI is InChI=1S/C14H21NO4/c1-14(2,3)12(6-7-16)15-13(19)9-4-5-10(17)11(18)8-9/h4-5,8,12,16-18H,6-7H2,1-3H3,(H,15,19). The van der Waals surface area contributed by atoms with Crippen molar-refractivity contribution < 1.29 is 20.1 Å². The molecule has 5 heteroatoms. The molecule has 0 saturated carbocycles. The van der Waals surface area contributed by atoms with Crippen molar-refractivity contribution in [3.05, 3.63) is 23.8 Å². The van der Waals surface area contributed by atoms with E-state index in [2.05, 4.69) is 5.32 Å². The molecule has 1 aromatic carbocycles. The molecule has 1 unspecified atom stereocenters. The van der Waals surface area contributed by atoms with Crippen LogP contribution in [0.4, 0.5) is 0 Å². The number of aromatic hydroxyl groups is 2. The summed E-state index contributed by atoms with van der Waals surface area (Å²) in [6.45, 7) is 5.91. The van der Waals surface area contributed by atoms with E-state index < -0.39 is 0 Å². The largest absolute Gasteiger partial charge is 0.504 e. The van der Waals surface area contributed by atoms with Crippen LogP contribution in [-0.4, -0.2) is 33.9 Å². The molecule has 1 rings (SSSR count). The normalized spacial score (nSPS) is 13.1. The number of rotatable bonds is 4. The van der Waals surface area contributed by atoms with E-state index in [-0.39, 0.29) is 41.0 Å². The second kappa shape index (κ2) is 5.93. The van der Waals surface area contributed by atoms with Crippen LogP contribution in [0.2, 0.25) is 0 Å². The highest BCUT2D eigenvalue weighted by atomic mass is 16.3. The lowest BCUT2D eigenvalue weighted by molar-refractivity contribution is 0.0884. The first-order chi connectivity index (χ1) is 8.75. The summed E-state index contributed by atoms with van der Waals surface area (Å²) >= 11 is 0. The summed E-state index contributed by atoms with van der Waals surface area (Å²) in [6, 6.07) is 3.73. The third kappa shape index (κ3) is 4.13. The third-order valence-electron chi connectivity index (χ3n) is 3.01. The fourth-order valence-corrected chi connectivity index (χ4v) is 1.76. The van der Waals surface area contributed by atoms with E-state index in [9.17, 15) is 15.0 Å². The molecule has 0 fully saturated rings. The van der Waals surface area contributed by atoms with Crippen LogP contribution in [-0.2, 0) is 0 Å². The fraction of sp³-hybridized carbons (Fsp3) is 0.500. The summed E-state index contributed by atoms with van der Waals surface area (Å²) in [7, 11) is 0. The highest BCUT2D eigenvalue weighted by Gasteiger charge is 2.26. The molecule has 0 heterocycles. The van der Waals surface area contributed by atoms with E-state index in [4.69, 9.17) is 5.11 Å². The number of hydrogen-bond acceptors (Lipinski definition) is 4. The Morgan fingerprint density at radius 1 is 1.26 bits per heavy atom. The first-order valence-corrected chi connectivity index (χ1v) is 6.19. The van der Waals surface area contributed by atoms with Gasteiger partial charge in [0.2, 0.25) is 0 Å². The van der Waals surface area contributed by atoms with Gasteiger partial charge in [0.15, 0.2) is 11.5 Å². The lowest BCUT2D eigenvalue weighted by Crippen LogP contribution is -2.44. The Bertz CT molecular complexity index is 451. The maximum Gasteiger partial charge on any atom is 0.251 e. The smallest absolute Gasteiger partial charge is 0.251 e. The van der Waals surface area contributed by atoms with Crippen molar-refractivity contribution in [3.63, 3.8) is 0 Å². The van der Waals surface area contributed by atoms with Gasteiger partial charge in [-0.2, -0.15) is 0 Å². The van der Waals surface area contributed by atoms with Crippen LogP contribution in [0, 0.1) is 5.41 Å². The van der Waals surface area contributed by atoms with Gasteiger partial charge in [-0.05, 0) is 30.0 Å². The second-order valence-corrected chi connectivity index (χ2v) is 5.61. The van der Waals surface area contributed by atoms with E-state index in [0.717, 1.165) is 0 Å². The van der Waals surface area contributed by atoms with Gasteiger partial charge in [0.05, 0.1) is 0 Å². The topological polar surface area (TPSA) is 89.8 Å². The zero-order chi connectivity index (χ0) is 14.6. The number of carbonyl (C=O) groups is 1. The zero-order valence-electron chi connectivity index (χ0n) is 11.5. The van der Waals surface area contributed by atoms with Crippen LogP contribution in [0.1, 0.15) is 37.6 Å².